The Bertz CT molecular complexity index is 1050. The van der Waals surface area contributed by atoms with Crippen LogP contribution in [0.2, 0.25) is 0 Å². The molecular weight excluding hydrogens is 357 g/mol. The van der Waals surface area contributed by atoms with Gasteiger partial charge in [0.15, 0.2) is 5.65 Å². The highest BCUT2D eigenvalue weighted by Gasteiger charge is 2.37. The summed E-state index contributed by atoms with van der Waals surface area (Å²) in [7, 11) is 0. The van der Waals surface area contributed by atoms with E-state index in [4.69, 9.17) is 4.98 Å². The second kappa shape index (κ2) is 6.50. The molecule has 2 aliphatic rings. The lowest BCUT2D eigenvalue weighted by Crippen LogP contribution is -2.29. The van der Waals surface area contributed by atoms with Crippen LogP contribution in [0, 0.1) is 0 Å². The highest BCUT2D eigenvalue weighted by Crippen LogP contribution is 2.47. The monoisotopic (exact) mass is 381 g/mol. The van der Waals surface area contributed by atoms with Gasteiger partial charge in [-0.05, 0) is 57.6 Å². The fourth-order valence-electron chi connectivity index (χ4n) is 4.62. The van der Waals surface area contributed by atoms with E-state index in [0.29, 0.717) is 42.5 Å². The maximum Gasteiger partial charge on any atom is 0.262 e. The van der Waals surface area contributed by atoms with Gasteiger partial charge in [0.05, 0.1) is 12.2 Å². The molecule has 2 aliphatic carbocycles. The van der Waals surface area contributed by atoms with Crippen LogP contribution in [-0.4, -0.2) is 30.4 Å². The molecule has 6 nitrogen and oxygen atoms in total. The first-order chi connectivity index (χ1) is 13.5. The molecule has 0 amide bonds. The lowest BCUT2D eigenvalue weighted by molar-refractivity contribution is 0.103. The minimum Gasteiger partial charge on any atom is -0.310 e. The summed E-state index contributed by atoms with van der Waals surface area (Å²) < 4.78 is 16.0. The second-order valence-corrected chi connectivity index (χ2v) is 8.47. The minimum absolute atomic E-state index is 0.0939. The predicted molar refractivity (Wildman–Crippen MR) is 104 cm³/mol. The van der Waals surface area contributed by atoms with Gasteiger partial charge in [-0.25, -0.2) is 14.1 Å². The Morgan fingerprint density at radius 2 is 1.96 bits per heavy atom. The molecule has 1 N–H and O–H groups in total. The predicted octanol–water partition coefficient (Wildman–Crippen LogP) is 4.02. The summed E-state index contributed by atoms with van der Waals surface area (Å²) in [5.41, 5.74) is 0.420. The lowest BCUT2D eigenvalue weighted by Gasteiger charge is -2.35. The van der Waals surface area contributed by atoms with Gasteiger partial charge >= 0.3 is 0 Å². The molecule has 3 heterocycles. The van der Waals surface area contributed by atoms with Crippen molar-refractivity contribution < 1.29 is 4.39 Å². The highest BCUT2D eigenvalue weighted by atomic mass is 19.1. The zero-order valence-electron chi connectivity index (χ0n) is 15.9. The molecule has 2 fully saturated rings. The Kier molecular flexibility index (Phi) is 4.07. The minimum atomic E-state index is -1.10. The van der Waals surface area contributed by atoms with E-state index in [-0.39, 0.29) is 23.4 Å². The Morgan fingerprint density at radius 3 is 2.64 bits per heavy atom. The van der Waals surface area contributed by atoms with Crippen LogP contribution in [-0.2, 0) is 0 Å². The second-order valence-electron chi connectivity index (χ2n) is 8.47. The number of rotatable bonds is 3. The average Bonchev–Trinajstić information content (AvgIpc) is 3.06. The maximum atomic E-state index is 14.2. The number of aromatic amines is 1. The smallest absolute Gasteiger partial charge is 0.262 e. The van der Waals surface area contributed by atoms with Crippen molar-refractivity contribution in [3.05, 3.63) is 52.5 Å². The molecule has 2 atom stereocenters. The number of H-pyrrole nitrogens is 1. The summed E-state index contributed by atoms with van der Waals surface area (Å²) in [6.45, 7) is 1.67. The molecule has 3 aromatic heterocycles. The molecular formula is C21H24FN5O. The first-order valence-corrected chi connectivity index (χ1v) is 10.1. The molecule has 0 spiro atoms. The third-order valence-corrected chi connectivity index (χ3v) is 6.52. The summed E-state index contributed by atoms with van der Waals surface area (Å²) in [5, 5.41) is 4.95. The van der Waals surface area contributed by atoms with Crippen LogP contribution in [0.4, 0.5) is 4.39 Å². The van der Waals surface area contributed by atoms with Crippen LogP contribution in [0.1, 0.15) is 74.8 Å². The SMILES string of the molecule is CC1(F)CCC(n2ncc3c(=O)[nH]c([C@@H]4CC[C@H]4c4ccccn4)nc32)CC1. The van der Waals surface area contributed by atoms with Gasteiger partial charge in [-0.2, -0.15) is 5.10 Å². The van der Waals surface area contributed by atoms with Gasteiger partial charge in [0.1, 0.15) is 16.9 Å². The molecule has 3 aromatic rings. The Balaban J connectivity index is 1.49. The van der Waals surface area contributed by atoms with Crippen LogP contribution in [0.15, 0.2) is 35.4 Å². The van der Waals surface area contributed by atoms with E-state index in [2.05, 4.69) is 15.1 Å². The number of alkyl halides is 1. The molecule has 28 heavy (non-hydrogen) atoms. The average molecular weight is 381 g/mol. The standard InChI is InChI=1S/C21H24FN5O/c1-21(22)9-7-13(8-10-21)27-19-16(12-24-27)20(28)26-18(25-19)15-6-5-14(15)17-4-2-3-11-23-17/h2-4,11-15H,5-10H2,1H3,(H,25,26,28)/t13?,14-,15-,21?/m1/s1. The Morgan fingerprint density at radius 1 is 1.18 bits per heavy atom. The normalized spacial score (nSPS) is 30.3. The number of aromatic nitrogens is 5. The van der Waals surface area contributed by atoms with Crippen molar-refractivity contribution in [1.29, 1.82) is 0 Å². The summed E-state index contributed by atoms with van der Waals surface area (Å²) in [5.74, 6) is 1.16. The van der Waals surface area contributed by atoms with Gasteiger partial charge in [-0.1, -0.05) is 6.07 Å². The molecule has 0 bridgehead atoms. The number of hydrogen-bond acceptors (Lipinski definition) is 4. The number of nitrogens with one attached hydrogen (secondary N) is 1. The van der Waals surface area contributed by atoms with E-state index in [0.717, 1.165) is 18.5 Å². The number of halogens is 1. The molecule has 2 saturated carbocycles. The Labute approximate surface area is 162 Å². The van der Waals surface area contributed by atoms with Crippen molar-refractivity contribution in [3.63, 3.8) is 0 Å². The lowest BCUT2D eigenvalue weighted by atomic mass is 9.71. The molecule has 0 aliphatic heterocycles. The number of pyridine rings is 1. The fraction of sp³-hybridized carbons (Fsp3) is 0.524. The fourth-order valence-corrected chi connectivity index (χ4v) is 4.62. The van der Waals surface area contributed by atoms with Crippen molar-refractivity contribution in [1.82, 2.24) is 24.7 Å². The van der Waals surface area contributed by atoms with E-state index in [9.17, 15) is 9.18 Å². The summed E-state index contributed by atoms with van der Waals surface area (Å²) in [6, 6.07) is 6.03. The third kappa shape index (κ3) is 2.93. The molecule has 0 aromatic carbocycles. The van der Waals surface area contributed by atoms with Crippen LogP contribution >= 0.6 is 0 Å². The number of fused-ring (bicyclic) bond motifs is 1. The Hall–Kier alpha value is -2.57. The summed E-state index contributed by atoms with van der Waals surface area (Å²) in [4.78, 5) is 24.9. The van der Waals surface area contributed by atoms with Gasteiger partial charge in [0.2, 0.25) is 0 Å². The van der Waals surface area contributed by atoms with Gasteiger partial charge in [-0.3, -0.25) is 9.78 Å². The molecule has 7 heteroatoms. The molecule has 5 rings (SSSR count). The molecule has 0 saturated heterocycles. The van der Waals surface area contributed by atoms with E-state index in [1.165, 1.54) is 0 Å². The first-order valence-electron chi connectivity index (χ1n) is 10.1. The van der Waals surface area contributed by atoms with E-state index < -0.39 is 5.67 Å². The maximum absolute atomic E-state index is 14.2. The third-order valence-electron chi connectivity index (χ3n) is 6.52. The quantitative estimate of drug-likeness (QED) is 0.743. The summed E-state index contributed by atoms with van der Waals surface area (Å²) in [6.07, 6.45) is 7.87. The van der Waals surface area contributed by atoms with E-state index in [1.807, 2.05) is 22.9 Å². The molecule has 0 unspecified atom stereocenters. The van der Waals surface area contributed by atoms with Gasteiger partial charge in [0.25, 0.3) is 5.56 Å². The van der Waals surface area contributed by atoms with Crippen molar-refractivity contribution in [2.75, 3.05) is 0 Å². The van der Waals surface area contributed by atoms with Crippen LogP contribution < -0.4 is 5.56 Å². The van der Waals surface area contributed by atoms with Crippen LogP contribution in [0.3, 0.4) is 0 Å². The van der Waals surface area contributed by atoms with Crippen molar-refractivity contribution in [2.24, 2.45) is 0 Å². The van der Waals surface area contributed by atoms with E-state index >= 15 is 0 Å². The first kappa shape index (κ1) is 17.5. The largest absolute Gasteiger partial charge is 0.310 e. The van der Waals surface area contributed by atoms with Gasteiger partial charge < -0.3 is 4.98 Å². The van der Waals surface area contributed by atoms with Crippen molar-refractivity contribution in [2.45, 2.75) is 69.0 Å². The highest BCUT2D eigenvalue weighted by molar-refractivity contribution is 5.73. The summed E-state index contributed by atoms with van der Waals surface area (Å²) >= 11 is 0. The zero-order chi connectivity index (χ0) is 19.3. The van der Waals surface area contributed by atoms with Crippen molar-refractivity contribution in [3.8, 4) is 0 Å². The number of nitrogens with zero attached hydrogens (tertiary/aromatic N) is 4. The van der Waals surface area contributed by atoms with E-state index in [1.54, 1.807) is 19.3 Å². The van der Waals surface area contributed by atoms with Gasteiger partial charge in [-0.15, -0.1) is 0 Å². The van der Waals surface area contributed by atoms with Gasteiger partial charge in [0, 0.05) is 23.7 Å². The van der Waals surface area contributed by atoms with Crippen LogP contribution in [0.25, 0.3) is 11.0 Å². The van der Waals surface area contributed by atoms with Crippen LogP contribution in [0.5, 0.6) is 0 Å². The zero-order valence-corrected chi connectivity index (χ0v) is 15.9. The van der Waals surface area contributed by atoms with Crippen molar-refractivity contribution >= 4 is 11.0 Å². The number of hydrogen-bond donors (Lipinski definition) is 1. The molecule has 0 radical (unpaired) electrons. The topological polar surface area (TPSA) is 76.5 Å². The molecule has 146 valence electrons.